The van der Waals surface area contributed by atoms with Crippen LogP contribution in [0.5, 0.6) is 0 Å². The summed E-state index contributed by atoms with van der Waals surface area (Å²) < 4.78 is 1.58. The SMILES string of the molecule is c1ccc(P(c2ccccc2)C(C[As](CC(P(c2ccccc2)c2ccccc2)P(c2ccccc2)c2ccccc2)c2ccccc2)P(c2ccccc2)c2ccccc2)cc1. The van der Waals surface area contributed by atoms with E-state index in [-0.39, 0.29) is 0 Å². The van der Waals surface area contributed by atoms with E-state index in [4.69, 9.17) is 0 Å². The molecule has 0 nitrogen and oxygen atoms in total. The summed E-state index contributed by atoms with van der Waals surface area (Å²) in [6.07, 6.45) is 0. The third-order valence-corrected chi connectivity index (χ3v) is 32.1. The van der Waals surface area contributed by atoms with Crippen molar-refractivity contribution in [1.29, 1.82) is 0 Å². The van der Waals surface area contributed by atoms with E-state index in [1.54, 1.807) is 4.35 Å². The molecule has 0 aliphatic rings. The maximum atomic E-state index is 2.50. The Morgan fingerprint density at radius 1 is 0.222 bits per heavy atom. The molecule has 0 aromatic heterocycles. The van der Waals surface area contributed by atoms with Crippen LogP contribution in [0, 0.1) is 0 Å². The maximum absolute atomic E-state index is 2.50. The minimum absolute atomic E-state index is 0.393. The third-order valence-electron chi connectivity index (χ3n) is 11.4. The second kappa shape index (κ2) is 22.2. The topological polar surface area (TPSA) is 0 Å². The molecule has 9 aromatic rings. The van der Waals surface area contributed by atoms with Crippen LogP contribution in [0.1, 0.15) is 0 Å². The molecule has 0 atom stereocenters. The van der Waals surface area contributed by atoms with Crippen LogP contribution in [0.4, 0.5) is 0 Å². The molecule has 0 heterocycles. The van der Waals surface area contributed by atoms with Gasteiger partial charge in [0.2, 0.25) is 0 Å². The number of benzene rings is 9. The van der Waals surface area contributed by atoms with Crippen molar-refractivity contribution in [1.82, 2.24) is 0 Å². The van der Waals surface area contributed by atoms with Crippen molar-refractivity contribution in [2.75, 3.05) is 0 Å². The van der Waals surface area contributed by atoms with Gasteiger partial charge in [-0.2, -0.15) is 0 Å². The average Bonchev–Trinajstić information content (AvgIpc) is 3.37. The molecule has 0 radical (unpaired) electrons. The fourth-order valence-corrected chi connectivity index (χ4v) is 34.5. The second-order valence-electron chi connectivity index (χ2n) is 15.4. The van der Waals surface area contributed by atoms with E-state index in [0.29, 0.717) is 10.8 Å². The molecule has 0 saturated carbocycles. The van der Waals surface area contributed by atoms with Crippen molar-refractivity contribution >= 4 is 93.1 Å². The summed E-state index contributed by atoms with van der Waals surface area (Å²) in [6.45, 7) is 0. The van der Waals surface area contributed by atoms with Gasteiger partial charge >= 0.3 is 387 Å². The van der Waals surface area contributed by atoms with Gasteiger partial charge in [0.15, 0.2) is 0 Å². The molecule has 0 spiro atoms. The van der Waals surface area contributed by atoms with Crippen molar-refractivity contribution in [3.05, 3.63) is 273 Å². The van der Waals surface area contributed by atoms with E-state index < -0.39 is 46.3 Å². The van der Waals surface area contributed by atoms with Gasteiger partial charge < -0.3 is 0 Å². The molecule has 0 amide bonds. The first-order chi connectivity index (χ1) is 31.3. The molecule has 0 aliphatic carbocycles. The van der Waals surface area contributed by atoms with E-state index in [9.17, 15) is 0 Å². The molecule has 0 unspecified atom stereocenters. The van der Waals surface area contributed by atoms with E-state index in [1.807, 2.05) is 0 Å². The normalized spacial score (nSPS) is 11.7. The predicted octanol–water partition coefficient (Wildman–Crippen LogP) is 11.6. The predicted molar refractivity (Wildman–Crippen MR) is 285 cm³/mol. The summed E-state index contributed by atoms with van der Waals surface area (Å²) in [5.74, 6) is 0. The van der Waals surface area contributed by atoms with Crippen molar-refractivity contribution in [3.8, 4) is 0 Å². The Bertz CT molecular complexity index is 2180. The fourth-order valence-electron chi connectivity index (χ4n) is 8.56. The van der Waals surface area contributed by atoms with Crippen molar-refractivity contribution in [2.45, 2.75) is 21.2 Å². The van der Waals surface area contributed by atoms with Crippen LogP contribution in [0.2, 0.25) is 10.4 Å². The zero-order valence-corrected chi connectivity index (χ0v) is 40.7. The standard InChI is InChI=1S/C58H51AsP4/c1-10-28-48(29-11-1)59(46-57(60(49-30-12-2-13-31-49)50-32-14-3-15-33-50)61(51-34-16-4-17-35-51)52-36-18-5-19-37-52)47-58(62(53-38-20-6-21-39-53)54-40-22-7-23-41-54)63(55-42-24-8-25-43-55)56-44-26-9-27-45-56/h1-45,57-58H,46-47H2. The minimum atomic E-state index is -1.96. The Hall–Kier alpha value is -4.74. The molecule has 308 valence electrons. The zero-order valence-electron chi connectivity index (χ0n) is 35.3. The van der Waals surface area contributed by atoms with Gasteiger partial charge in [-0.3, -0.25) is 0 Å². The monoisotopic (exact) mass is 946 g/mol. The van der Waals surface area contributed by atoms with Crippen LogP contribution in [-0.4, -0.2) is 25.5 Å². The average molecular weight is 947 g/mol. The summed E-state index contributed by atoms with van der Waals surface area (Å²) in [4.78, 5) is 0. The van der Waals surface area contributed by atoms with Gasteiger partial charge in [-0.25, -0.2) is 0 Å². The Morgan fingerprint density at radius 2 is 0.381 bits per heavy atom. The zero-order chi connectivity index (χ0) is 42.5. The van der Waals surface area contributed by atoms with Gasteiger partial charge in [0, 0.05) is 0 Å². The van der Waals surface area contributed by atoms with Crippen LogP contribution < -0.4 is 46.8 Å². The molecule has 9 rings (SSSR count). The number of rotatable bonds is 17. The molecule has 0 fully saturated rings. The Labute approximate surface area is 384 Å². The molecule has 63 heavy (non-hydrogen) atoms. The van der Waals surface area contributed by atoms with E-state index >= 15 is 0 Å². The molecule has 0 saturated heterocycles. The van der Waals surface area contributed by atoms with E-state index in [1.165, 1.54) is 52.9 Å². The fraction of sp³-hybridized carbons (Fsp3) is 0.0690. The molecular weight excluding hydrogens is 895 g/mol. The molecule has 0 bridgehead atoms. The Morgan fingerprint density at radius 3 is 0.556 bits per heavy atom. The first kappa shape index (κ1) is 43.5. The van der Waals surface area contributed by atoms with Gasteiger partial charge in [-0.15, -0.1) is 0 Å². The van der Waals surface area contributed by atoms with Crippen LogP contribution in [-0.2, 0) is 0 Å². The Balaban J connectivity index is 1.29. The van der Waals surface area contributed by atoms with Crippen molar-refractivity contribution in [3.63, 3.8) is 0 Å². The van der Waals surface area contributed by atoms with E-state index in [2.05, 4.69) is 273 Å². The molecule has 0 aliphatic heterocycles. The molecule has 9 aromatic carbocycles. The van der Waals surface area contributed by atoms with Gasteiger partial charge in [0.05, 0.1) is 0 Å². The third kappa shape index (κ3) is 10.8. The van der Waals surface area contributed by atoms with Gasteiger partial charge in [-0.1, -0.05) is 0 Å². The summed E-state index contributed by atoms with van der Waals surface area (Å²) in [7, 11) is -3.12. The molecular formula is C58H51AsP4. The van der Waals surface area contributed by atoms with Crippen LogP contribution in [0.15, 0.2) is 273 Å². The number of hydrogen-bond donors (Lipinski definition) is 0. The number of hydrogen-bond acceptors (Lipinski definition) is 0. The van der Waals surface area contributed by atoms with Gasteiger partial charge in [-0.05, 0) is 0 Å². The molecule has 5 heteroatoms. The Kier molecular flexibility index (Phi) is 15.4. The summed E-state index contributed by atoms with van der Waals surface area (Å²) in [5, 5.41) is 14.9. The first-order valence-electron chi connectivity index (χ1n) is 21.7. The summed E-state index contributed by atoms with van der Waals surface area (Å²) in [6, 6.07) is 104. The second-order valence-corrected chi connectivity index (χ2v) is 30.6. The van der Waals surface area contributed by atoms with Crippen LogP contribution in [0.3, 0.4) is 0 Å². The van der Waals surface area contributed by atoms with Crippen molar-refractivity contribution in [2.24, 2.45) is 0 Å². The van der Waals surface area contributed by atoms with E-state index in [0.717, 1.165) is 0 Å². The molecule has 0 N–H and O–H groups in total. The first-order valence-corrected chi connectivity index (χ1v) is 30.9. The van der Waals surface area contributed by atoms with Gasteiger partial charge in [0.25, 0.3) is 0 Å². The van der Waals surface area contributed by atoms with Crippen LogP contribution in [0.25, 0.3) is 0 Å². The quantitative estimate of drug-likeness (QED) is 0.0630. The summed E-state index contributed by atoms with van der Waals surface area (Å²) in [5.41, 5.74) is 0. The van der Waals surface area contributed by atoms with Crippen LogP contribution >= 0.6 is 31.7 Å². The summed E-state index contributed by atoms with van der Waals surface area (Å²) >= 11 is -1.96. The van der Waals surface area contributed by atoms with Gasteiger partial charge in [0.1, 0.15) is 0 Å². The van der Waals surface area contributed by atoms with Crippen molar-refractivity contribution < 1.29 is 0 Å².